The lowest BCUT2D eigenvalue weighted by Gasteiger charge is -2.16. The molecule has 0 atom stereocenters. The minimum atomic E-state index is 0.432. The van der Waals surface area contributed by atoms with E-state index in [0.29, 0.717) is 19.3 Å². The number of hydrogen-bond donors (Lipinski definition) is 2. The maximum Gasteiger partial charge on any atom is 0.191 e. The molecule has 7 nitrogen and oxygen atoms in total. The zero-order valence-electron chi connectivity index (χ0n) is 15.7. The van der Waals surface area contributed by atoms with E-state index in [4.69, 9.17) is 4.74 Å². The van der Waals surface area contributed by atoms with Crippen molar-refractivity contribution >= 4 is 11.6 Å². The van der Waals surface area contributed by atoms with E-state index in [9.17, 15) is 0 Å². The molecule has 1 aliphatic rings. The van der Waals surface area contributed by atoms with Crippen molar-refractivity contribution in [3.05, 3.63) is 30.2 Å². The first kappa shape index (κ1) is 18.6. The van der Waals surface area contributed by atoms with Gasteiger partial charge in [-0.25, -0.2) is 4.99 Å². The van der Waals surface area contributed by atoms with Crippen LogP contribution in [0.2, 0.25) is 0 Å². The van der Waals surface area contributed by atoms with Crippen molar-refractivity contribution in [3.8, 4) is 0 Å². The third kappa shape index (κ3) is 5.42. The summed E-state index contributed by atoms with van der Waals surface area (Å²) in [4.78, 5) is 4.62. The Morgan fingerprint density at radius 1 is 1.19 bits per heavy atom. The number of guanidine groups is 1. The van der Waals surface area contributed by atoms with Gasteiger partial charge < -0.3 is 15.4 Å². The maximum atomic E-state index is 6.03. The van der Waals surface area contributed by atoms with Crippen LogP contribution in [-0.4, -0.2) is 46.4 Å². The molecule has 2 aromatic heterocycles. The number of pyridine rings is 1. The second kappa shape index (κ2) is 10.1. The fraction of sp³-hybridized carbons (Fsp3) is 0.632. The van der Waals surface area contributed by atoms with Gasteiger partial charge in [-0.1, -0.05) is 31.7 Å². The fourth-order valence-electron chi connectivity index (χ4n) is 3.29. The van der Waals surface area contributed by atoms with E-state index >= 15 is 0 Å². The predicted molar refractivity (Wildman–Crippen MR) is 103 cm³/mol. The van der Waals surface area contributed by atoms with Gasteiger partial charge in [0.2, 0.25) is 0 Å². The van der Waals surface area contributed by atoms with Crippen LogP contribution in [0.15, 0.2) is 29.4 Å². The Labute approximate surface area is 155 Å². The third-order valence-corrected chi connectivity index (χ3v) is 4.66. The summed E-state index contributed by atoms with van der Waals surface area (Å²) in [6.45, 7) is 4.82. The Balaban J connectivity index is 1.47. The quantitative estimate of drug-likeness (QED) is 0.344. The molecule has 0 unspecified atom stereocenters. The molecule has 0 aliphatic heterocycles. The van der Waals surface area contributed by atoms with Crippen molar-refractivity contribution in [2.75, 3.05) is 19.7 Å². The highest BCUT2D eigenvalue weighted by Crippen LogP contribution is 2.19. The Bertz CT molecular complexity index is 690. The predicted octanol–water partition coefficient (Wildman–Crippen LogP) is 2.52. The highest BCUT2D eigenvalue weighted by molar-refractivity contribution is 5.79. The molecule has 0 aromatic carbocycles. The van der Waals surface area contributed by atoms with Crippen LogP contribution in [0.4, 0.5) is 0 Å². The second-order valence-electron chi connectivity index (χ2n) is 6.65. The molecular formula is C19H30N6O. The summed E-state index contributed by atoms with van der Waals surface area (Å²) >= 11 is 0. The van der Waals surface area contributed by atoms with Gasteiger partial charge in [0.05, 0.1) is 12.7 Å². The Morgan fingerprint density at radius 3 is 2.85 bits per heavy atom. The van der Waals surface area contributed by atoms with Gasteiger partial charge in [-0.05, 0) is 31.9 Å². The zero-order chi connectivity index (χ0) is 18.0. The van der Waals surface area contributed by atoms with E-state index in [1.54, 1.807) is 0 Å². The van der Waals surface area contributed by atoms with Crippen LogP contribution in [0, 0.1) is 0 Å². The Kier molecular flexibility index (Phi) is 7.25. The molecular weight excluding hydrogens is 328 g/mol. The van der Waals surface area contributed by atoms with Crippen molar-refractivity contribution in [1.29, 1.82) is 0 Å². The minimum Gasteiger partial charge on any atom is -0.376 e. The molecule has 0 bridgehead atoms. The van der Waals surface area contributed by atoms with Gasteiger partial charge >= 0.3 is 0 Å². The summed E-state index contributed by atoms with van der Waals surface area (Å²) < 4.78 is 7.99. The van der Waals surface area contributed by atoms with Crippen molar-refractivity contribution in [2.24, 2.45) is 4.99 Å². The van der Waals surface area contributed by atoms with E-state index in [2.05, 4.69) is 32.7 Å². The van der Waals surface area contributed by atoms with Gasteiger partial charge in [-0.2, -0.15) is 0 Å². The smallest absolute Gasteiger partial charge is 0.191 e. The molecule has 0 radical (unpaired) electrons. The first-order valence-corrected chi connectivity index (χ1v) is 9.79. The third-order valence-electron chi connectivity index (χ3n) is 4.66. The largest absolute Gasteiger partial charge is 0.376 e. The van der Waals surface area contributed by atoms with Crippen LogP contribution in [0.1, 0.15) is 51.3 Å². The highest BCUT2D eigenvalue weighted by atomic mass is 16.5. The summed E-state index contributed by atoms with van der Waals surface area (Å²) in [7, 11) is 0. The van der Waals surface area contributed by atoms with Gasteiger partial charge in [-0.15, -0.1) is 10.2 Å². The van der Waals surface area contributed by atoms with E-state index in [0.717, 1.165) is 30.5 Å². The number of nitrogens with one attached hydrogen (secondary N) is 2. The number of fused-ring (bicyclic) bond motifs is 1. The first-order chi connectivity index (χ1) is 12.9. The molecule has 26 heavy (non-hydrogen) atoms. The summed E-state index contributed by atoms with van der Waals surface area (Å²) in [5.74, 6) is 1.61. The Hall–Kier alpha value is -2.15. The van der Waals surface area contributed by atoms with Gasteiger partial charge in [0.15, 0.2) is 17.4 Å². The molecule has 2 N–H and O–H groups in total. The molecule has 0 saturated heterocycles. The SMILES string of the molecule is CCNC(=NCc1nnc2ccccn12)NCCOC1CCCCCC1. The van der Waals surface area contributed by atoms with Crippen molar-refractivity contribution in [2.45, 2.75) is 58.1 Å². The van der Waals surface area contributed by atoms with Crippen LogP contribution in [-0.2, 0) is 11.3 Å². The highest BCUT2D eigenvalue weighted by Gasteiger charge is 2.12. The van der Waals surface area contributed by atoms with E-state index in [1.165, 1.54) is 38.5 Å². The van der Waals surface area contributed by atoms with Gasteiger partial charge in [-0.3, -0.25) is 4.40 Å². The van der Waals surface area contributed by atoms with Crippen LogP contribution in [0.3, 0.4) is 0 Å². The topological polar surface area (TPSA) is 75.8 Å². The van der Waals surface area contributed by atoms with E-state index < -0.39 is 0 Å². The lowest BCUT2D eigenvalue weighted by Crippen LogP contribution is -2.39. The van der Waals surface area contributed by atoms with Crippen molar-refractivity contribution in [3.63, 3.8) is 0 Å². The monoisotopic (exact) mass is 358 g/mol. The normalized spacial score (nSPS) is 16.6. The zero-order valence-corrected chi connectivity index (χ0v) is 15.7. The number of nitrogens with zero attached hydrogens (tertiary/aromatic N) is 4. The van der Waals surface area contributed by atoms with Crippen molar-refractivity contribution < 1.29 is 4.74 Å². The second-order valence-corrected chi connectivity index (χ2v) is 6.65. The summed E-state index contributed by atoms with van der Waals surface area (Å²) in [5, 5.41) is 15.0. The van der Waals surface area contributed by atoms with E-state index in [-0.39, 0.29) is 0 Å². The summed E-state index contributed by atoms with van der Waals surface area (Å²) in [6, 6.07) is 5.86. The minimum absolute atomic E-state index is 0.432. The van der Waals surface area contributed by atoms with Crippen molar-refractivity contribution in [1.82, 2.24) is 25.2 Å². The van der Waals surface area contributed by atoms with Crippen LogP contribution < -0.4 is 10.6 Å². The lowest BCUT2D eigenvalue weighted by atomic mass is 10.1. The number of aliphatic imine (C=N–C) groups is 1. The molecule has 1 saturated carbocycles. The van der Waals surface area contributed by atoms with Gasteiger partial charge in [0.1, 0.15) is 6.54 Å². The molecule has 7 heteroatoms. The molecule has 0 amide bonds. The van der Waals surface area contributed by atoms with Gasteiger partial charge in [0.25, 0.3) is 0 Å². The molecule has 2 heterocycles. The van der Waals surface area contributed by atoms with Gasteiger partial charge in [0, 0.05) is 19.3 Å². The summed E-state index contributed by atoms with van der Waals surface area (Å²) in [6.07, 6.45) is 10.1. The Morgan fingerprint density at radius 2 is 2.04 bits per heavy atom. The average Bonchev–Trinajstić information content (AvgIpc) is 2.89. The first-order valence-electron chi connectivity index (χ1n) is 9.79. The number of hydrogen-bond acceptors (Lipinski definition) is 4. The fourth-order valence-corrected chi connectivity index (χ4v) is 3.29. The number of aromatic nitrogens is 3. The number of rotatable bonds is 7. The molecule has 3 rings (SSSR count). The lowest BCUT2D eigenvalue weighted by molar-refractivity contribution is 0.0468. The van der Waals surface area contributed by atoms with Crippen LogP contribution in [0.5, 0.6) is 0 Å². The molecule has 2 aromatic rings. The molecule has 1 fully saturated rings. The van der Waals surface area contributed by atoms with Crippen LogP contribution in [0.25, 0.3) is 5.65 Å². The maximum absolute atomic E-state index is 6.03. The van der Waals surface area contributed by atoms with E-state index in [1.807, 2.05) is 28.8 Å². The molecule has 0 spiro atoms. The molecule has 142 valence electrons. The average molecular weight is 358 g/mol. The number of ether oxygens (including phenoxy) is 1. The molecule has 1 aliphatic carbocycles. The standard InChI is InChI=1S/C19H30N6O/c1-2-20-19(21-12-14-26-16-9-5-3-4-6-10-16)22-15-18-24-23-17-11-7-8-13-25(17)18/h7-8,11,13,16H,2-6,9-10,12,14-15H2,1H3,(H2,20,21,22). The summed E-state index contributed by atoms with van der Waals surface area (Å²) in [5.41, 5.74) is 0.840. The van der Waals surface area contributed by atoms with Crippen LogP contribution >= 0.6 is 0 Å².